The van der Waals surface area contributed by atoms with E-state index in [4.69, 9.17) is 4.74 Å². The molecule has 1 fully saturated rings. The molecule has 7 nitrogen and oxygen atoms in total. The molecule has 1 aromatic carbocycles. The monoisotopic (exact) mass is 409 g/mol. The molecule has 2 heterocycles. The number of aliphatic hydroxyl groups is 1. The highest BCUT2D eigenvalue weighted by molar-refractivity contribution is 6.46. The highest BCUT2D eigenvalue weighted by Crippen LogP contribution is 2.38. The third-order valence-corrected chi connectivity index (χ3v) is 4.80. The van der Waals surface area contributed by atoms with Crippen LogP contribution in [0.1, 0.15) is 31.1 Å². The zero-order chi connectivity index (χ0) is 21.8. The van der Waals surface area contributed by atoms with Crippen molar-refractivity contribution in [2.45, 2.75) is 26.0 Å². The Morgan fingerprint density at radius 1 is 1.17 bits per heavy atom. The minimum atomic E-state index is -0.738. The molecule has 0 aliphatic carbocycles. The van der Waals surface area contributed by atoms with Crippen molar-refractivity contribution in [2.75, 3.05) is 27.2 Å². The number of amides is 1. The minimum Gasteiger partial charge on any atom is -0.507 e. The van der Waals surface area contributed by atoms with Crippen molar-refractivity contribution in [2.24, 2.45) is 0 Å². The number of likely N-dealkylation sites (tertiary alicyclic amines) is 1. The normalized spacial score (nSPS) is 18.5. The summed E-state index contributed by atoms with van der Waals surface area (Å²) in [6.07, 6.45) is 1.63. The molecule has 1 N–H and O–H groups in total. The van der Waals surface area contributed by atoms with Gasteiger partial charge in [-0.05, 0) is 64.3 Å². The molecule has 158 valence electrons. The van der Waals surface area contributed by atoms with Crippen molar-refractivity contribution < 1.29 is 19.4 Å². The van der Waals surface area contributed by atoms with E-state index in [1.807, 2.05) is 32.8 Å². The first-order chi connectivity index (χ1) is 14.3. The quantitative estimate of drug-likeness (QED) is 0.430. The van der Waals surface area contributed by atoms with Crippen molar-refractivity contribution in [3.8, 4) is 5.75 Å². The Morgan fingerprint density at radius 2 is 1.87 bits per heavy atom. The number of ether oxygens (including phenoxy) is 1. The SMILES string of the molecule is CC(C)Oc1ccc(C(O)=C2C(=O)C(=O)N(CCN(C)C)[C@H]2c2ccccn2)cc1. The fraction of sp³-hybridized carbons (Fsp3) is 0.348. The highest BCUT2D eigenvalue weighted by Gasteiger charge is 2.46. The van der Waals surface area contributed by atoms with E-state index in [1.165, 1.54) is 4.90 Å². The molecule has 7 heteroatoms. The summed E-state index contributed by atoms with van der Waals surface area (Å²) in [5.74, 6) is -0.889. The Kier molecular flexibility index (Phi) is 6.52. The molecule has 3 rings (SSSR count). The van der Waals surface area contributed by atoms with Crippen LogP contribution in [-0.4, -0.2) is 64.9 Å². The lowest BCUT2D eigenvalue weighted by Gasteiger charge is -2.25. The molecule has 2 aromatic rings. The number of hydrogen-bond donors (Lipinski definition) is 1. The number of aliphatic hydroxyl groups excluding tert-OH is 1. The summed E-state index contributed by atoms with van der Waals surface area (Å²) in [6, 6.07) is 11.4. The van der Waals surface area contributed by atoms with Crippen LogP contribution in [-0.2, 0) is 9.59 Å². The summed E-state index contributed by atoms with van der Waals surface area (Å²) in [5, 5.41) is 11.0. The van der Waals surface area contributed by atoms with Gasteiger partial charge in [-0.3, -0.25) is 14.6 Å². The van der Waals surface area contributed by atoms with Crippen molar-refractivity contribution in [3.63, 3.8) is 0 Å². The number of likely N-dealkylation sites (N-methyl/N-ethyl adjacent to an activating group) is 1. The van der Waals surface area contributed by atoms with Gasteiger partial charge in [-0.2, -0.15) is 0 Å². The Bertz CT molecular complexity index is 937. The van der Waals surface area contributed by atoms with Crippen molar-refractivity contribution in [3.05, 3.63) is 65.5 Å². The summed E-state index contributed by atoms with van der Waals surface area (Å²) in [4.78, 5) is 33.5. The Labute approximate surface area is 176 Å². The molecule has 0 spiro atoms. The van der Waals surface area contributed by atoms with Crippen LogP contribution in [0.5, 0.6) is 5.75 Å². The van der Waals surface area contributed by atoms with Crippen LogP contribution >= 0.6 is 0 Å². The molecular formula is C23H27N3O4. The second-order valence-electron chi connectivity index (χ2n) is 7.74. The number of benzene rings is 1. The predicted molar refractivity (Wildman–Crippen MR) is 114 cm³/mol. The molecule has 1 aliphatic rings. The third-order valence-electron chi connectivity index (χ3n) is 4.80. The van der Waals surface area contributed by atoms with Gasteiger partial charge in [-0.15, -0.1) is 0 Å². The van der Waals surface area contributed by atoms with Gasteiger partial charge in [0.25, 0.3) is 11.7 Å². The predicted octanol–water partition coefficient (Wildman–Crippen LogP) is 2.85. The molecule has 1 atom stereocenters. The zero-order valence-electron chi connectivity index (χ0n) is 17.7. The maximum Gasteiger partial charge on any atom is 0.295 e. The number of carbonyl (C=O) groups excluding carboxylic acids is 2. The van der Waals surface area contributed by atoms with Crippen LogP contribution in [0.15, 0.2) is 54.2 Å². The van der Waals surface area contributed by atoms with Gasteiger partial charge in [-0.25, -0.2) is 0 Å². The number of rotatable bonds is 7. The molecule has 0 saturated carbocycles. The van der Waals surface area contributed by atoms with E-state index in [0.717, 1.165) is 0 Å². The molecule has 1 aliphatic heterocycles. The first-order valence-electron chi connectivity index (χ1n) is 9.90. The number of ketones is 1. The maximum atomic E-state index is 12.9. The number of hydrogen-bond acceptors (Lipinski definition) is 6. The molecule has 0 bridgehead atoms. The van der Waals surface area contributed by atoms with Gasteiger partial charge in [0.1, 0.15) is 17.6 Å². The topological polar surface area (TPSA) is 83.0 Å². The van der Waals surface area contributed by atoms with Crippen LogP contribution in [0.2, 0.25) is 0 Å². The maximum absolute atomic E-state index is 12.9. The molecule has 0 radical (unpaired) electrons. The second kappa shape index (κ2) is 9.09. The molecule has 0 unspecified atom stereocenters. The molecule has 1 amide bonds. The molecule has 1 aromatic heterocycles. The summed E-state index contributed by atoms with van der Waals surface area (Å²) >= 11 is 0. The zero-order valence-corrected chi connectivity index (χ0v) is 17.7. The van der Waals surface area contributed by atoms with Gasteiger partial charge >= 0.3 is 0 Å². The van der Waals surface area contributed by atoms with Gasteiger partial charge in [0, 0.05) is 24.8 Å². The molecule has 30 heavy (non-hydrogen) atoms. The van der Waals surface area contributed by atoms with E-state index < -0.39 is 17.7 Å². The lowest BCUT2D eigenvalue weighted by Crippen LogP contribution is -2.35. The van der Waals surface area contributed by atoms with E-state index in [-0.39, 0.29) is 17.4 Å². The van der Waals surface area contributed by atoms with Crippen LogP contribution in [0.3, 0.4) is 0 Å². The summed E-state index contributed by atoms with van der Waals surface area (Å²) < 4.78 is 5.63. The van der Waals surface area contributed by atoms with Gasteiger partial charge in [0.05, 0.1) is 17.4 Å². The van der Waals surface area contributed by atoms with E-state index in [9.17, 15) is 14.7 Å². The first kappa shape index (κ1) is 21.5. The number of pyridine rings is 1. The number of carbonyl (C=O) groups is 2. The Hall–Kier alpha value is -3.19. The second-order valence-corrected chi connectivity index (χ2v) is 7.74. The van der Waals surface area contributed by atoms with Crippen LogP contribution in [0.4, 0.5) is 0 Å². The summed E-state index contributed by atoms with van der Waals surface area (Å²) in [5.41, 5.74) is 1.03. The van der Waals surface area contributed by atoms with E-state index in [0.29, 0.717) is 30.1 Å². The smallest absolute Gasteiger partial charge is 0.295 e. The number of aromatic nitrogens is 1. The number of nitrogens with zero attached hydrogens (tertiary/aromatic N) is 3. The fourth-order valence-corrected chi connectivity index (χ4v) is 3.38. The Balaban J connectivity index is 2.05. The standard InChI is InChI=1S/C23H27N3O4/c1-15(2)30-17-10-8-16(9-11-17)21(27)19-20(18-7-5-6-12-24-18)26(14-13-25(3)4)23(29)22(19)28/h5-12,15,20,27H,13-14H2,1-4H3/t20-/m0/s1. The fourth-order valence-electron chi connectivity index (χ4n) is 3.38. The van der Waals surface area contributed by atoms with E-state index in [2.05, 4.69) is 4.98 Å². The Morgan fingerprint density at radius 3 is 2.43 bits per heavy atom. The van der Waals surface area contributed by atoms with Crippen LogP contribution < -0.4 is 4.74 Å². The van der Waals surface area contributed by atoms with E-state index >= 15 is 0 Å². The highest BCUT2D eigenvalue weighted by atomic mass is 16.5. The average Bonchev–Trinajstić information content (AvgIpc) is 2.97. The van der Waals surface area contributed by atoms with Gasteiger partial charge in [0.15, 0.2) is 0 Å². The average molecular weight is 409 g/mol. The van der Waals surface area contributed by atoms with Gasteiger partial charge in [-0.1, -0.05) is 6.07 Å². The number of Topliss-reactive ketones (excluding diaryl/α,β-unsaturated/α-hetero) is 1. The van der Waals surface area contributed by atoms with Gasteiger partial charge in [0.2, 0.25) is 0 Å². The largest absolute Gasteiger partial charge is 0.507 e. The minimum absolute atomic E-state index is 0.0237. The lowest BCUT2D eigenvalue weighted by atomic mass is 9.98. The molecule has 1 saturated heterocycles. The van der Waals surface area contributed by atoms with Crippen molar-refractivity contribution in [1.82, 2.24) is 14.8 Å². The van der Waals surface area contributed by atoms with Crippen LogP contribution in [0.25, 0.3) is 5.76 Å². The summed E-state index contributed by atoms with van der Waals surface area (Å²) in [7, 11) is 3.79. The summed E-state index contributed by atoms with van der Waals surface area (Å²) in [6.45, 7) is 4.78. The van der Waals surface area contributed by atoms with Crippen molar-refractivity contribution in [1.29, 1.82) is 0 Å². The first-order valence-corrected chi connectivity index (χ1v) is 9.90. The van der Waals surface area contributed by atoms with Crippen LogP contribution in [0, 0.1) is 0 Å². The van der Waals surface area contributed by atoms with E-state index in [1.54, 1.807) is 48.7 Å². The van der Waals surface area contributed by atoms with Gasteiger partial charge < -0.3 is 19.6 Å². The lowest BCUT2D eigenvalue weighted by molar-refractivity contribution is -0.140. The van der Waals surface area contributed by atoms with Crippen molar-refractivity contribution >= 4 is 17.4 Å². The molecular weight excluding hydrogens is 382 g/mol. The third kappa shape index (κ3) is 4.52.